The number of carbonyl (C=O) groups excluding carboxylic acids is 1. The molecule has 0 bridgehead atoms. The molecule has 0 aliphatic carbocycles. The third kappa shape index (κ3) is 2.36. The van der Waals surface area contributed by atoms with Gasteiger partial charge in [-0.3, -0.25) is 10.7 Å². The highest BCUT2D eigenvalue weighted by Crippen LogP contribution is 2.27. The Morgan fingerprint density at radius 1 is 1.31 bits per heavy atom. The second-order valence-electron chi connectivity index (χ2n) is 4.63. The van der Waals surface area contributed by atoms with Crippen molar-refractivity contribution in [1.29, 1.82) is 5.41 Å². The predicted molar refractivity (Wildman–Crippen MR) is 65.8 cm³/mol. The van der Waals surface area contributed by atoms with Gasteiger partial charge >= 0.3 is 6.03 Å². The molecule has 1 aliphatic heterocycles. The molecule has 1 unspecified atom stereocenters. The van der Waals surface area contributed by atoms with Gasteiger partial charge < -0.3 is 4.90 Å². The van der Waals surface area contributed by atoms with E-state index in [0.717, 1.165) is 12.8 Å². The molecule has 0 spiro atoms. The van der Waals surface area contributed by atoms with Crippen LogP contribution in [0.1, 0.15) is 52.9 Å². The van der Waals surface area contributed by atoms with Gasteiger partial charge in [-0.2, -0.15) is 0 Å². The molecule has 4 heteroatoms. The first-order chi connectivity index (χ1) is 7.56. The smallest absolute Gasteiger partial charge is 0.312 e. The summed E-state index contributed by atoms with van der Waals surface area (Å²) in [5, 5.41) is 10.5. The van der Waals surface area contributed by atoms with Gasteiger partial charge in [-0.1, -0.05) is 32.6 Å². The molecule has 1 saturated heterocycles. The summed E-state index contributed by atoms with van der Waals surface area (Å²) in [4.78, 5) is 13.4. The summed E-state index contributed by atoms with van der Waals surface area (Å²) in [7, 11) is 0. The molecule has 0 radical (unpaired) electrons. The highest BCUT2D eigenvalue weighted by molar-refractivity contribution is 6.08. The minimum Gasteiger partial charge on any atom is -0.312 e. The van der Waals surface area contributed by atoms with Gasteiger partial charge in [0.05, 0.1) is 5.54 Å². The molecule has 1 heterocycles. The van der Waals surface area contributed by atoms with Crippen molar-refractivity contribution in [2.75, 3.05) is 6.54 Å². The van der Waals surface area contributed by atoms with Crippen LogP contribution in [-0.2, 0) is 0 Å². The Hall–Kier alpha value is -1.06. The summed E-state index contributed by atoms with van der Waals surface area (Å²) in [6.07, 6.45) is 5.60. The zero-order valence-corrected chi connectivity index (χ0v) is 10.6. The summed E-state index contributed by atoms with van der Waals surface area (Å²) < 4.78 is 0. The first-order valence-electron chi connectivity index (χ1n) is 6.24. The van der Waals surface area contributed by atoms with Crippen molar-refractivity contribution in [3.63, 3.8) is 0 Å². The molecule has 1 rings (SSSR count). The molecule has 4 nitrogen and oxygen atoms in total. The van der Waals surface area contributed by atoms with E-state index in [1.807, 2.05) is 13.8 Å². The monoisotopic (exact) mass is 225 g/mol. The van der Waals surface area contributed by atoms with Gasteiger partial charge in [0.25, 0.3) is 0 Å². The van der Waals surface area contributed by atoms with Crippen LogP contribution < -0.4 is 5.32 Å². The second-order valence-corrected chi connectivity index (χ2v) is 4.63. The predicted octanol–water partition coefficient (Wildman–Crippen LogP) is 2.74. The lowest BCUT2D eigenvalue weighted by Gasteiger charge is -2.32. The van der Waals surface area contributed by atoms with E-state index < -0.39 is 5.54 Å². The summed E-state index contributed by atoms with van der Waals surface area (Å²) in [6, 6.07) is -0.120. The lowest BCUT2D eigenvalue weighted by atomic mass is 9.92. The number of likely N-dealkylation sites (N-methyl/N-ethyl adjacent to an activating group) is 1. The van der Waals surface area contributed by atoms with Crippen LogP contribution >= 0.6 is 0 Å². The largest absolute Gasteiger partial charge is 0.323 e. The van der Waals surface area contributed by atoms with Crippen LogP contribution in [0.5, 0.6) is 0 Å². The summed E-state index contributed by atoms with van der Waals surface area (Å²) >= 11 is 0. The number of unbranched alkanes of at least 4 members (excludes halogenated alkanes) is 3. The van der Waals surface area contributed by atoms with Crippen molar-refractivity contribution in [2.45, 2.75) is 58.4 Å². The third-order valence-electron chi connectivity index (χ3n) is 3.44. The van der Waals surface area contributed by atoms with E-state index in [1.54, 1.807) is 4.90 Å². The average molecular weight is 225 g/mol. The SMILES string of the molecule is CCCCCCC1(C)C(=N)NC(=O)N1CC. The zero-order chi connectivity index (χ0) is 12.2. The van der Waals surface area contributed by atoms with E-state index in [9.17, 15) is 4.79 Å². The van der Waals surface area contributed by atoms with E-state index in [-0.39, 0.29) is 6.03 Å². The van der Waals surface area contributed by atoms with E-state index in [2.05, 4.69) is 12.2 Å². The minimum atomic E-state index is -0.403. The second kappa shape index (κ2) is 5.32. The van der Waals surface area contributed by atoms with E-state index in [1.165, 1.54) is 19.3 Å². The van der Waals surface area contributed by atoms with Crippen molar-refractivity contribution >= 4 is 11.9 Å². The van der Waals surface area contributed by atoms with Crippen molar-refractivity contribution in [2.24, 2.45) is 0 Å². The maximum atomic E-state index is 11.6. The average Bonchev–Trinajstić information content (AvgIpc) is 2.45. The molecule has 92 valence electrons. The van der Waals surface area contributed by atoms with Gasteiger partial charge in [-0.05, 0) is 20.3 Å². The topological polar surface area (TPSA) is 56.2 Å². The van der Waals surface area contributed by atoms with Crippen LogP contribution in [0.25, 0.3) is 0 Å². The Bertz CT molecular complexity index is 277. The van der Waals surface area contributed by atoms with Crippen LogP contribution in [0.2, 0.25) is 0 Å². The third-order valence-corrected chi connectivity index (χ3v) is 3.44. The van der Waals surface area contributed by atoms with E-state index in [0.29, 0.717) is 12.4 Å². The number of hydrogen-bond acceptors (Lipinski definition) is 2. The number of hydrogen-bond donors (Lipinski definition) is 2. The van der Waals surface area contributed by atoms with Crippen LogP contribution in [-0.4, -0.2) is 28.9 Å². The molecular formula is C12H23N3O. The fraction of sp³-hybridized carbons (Fsp3) is 0.833. The number of urea groups is 1. The lowest BCUT2D eigenvalue weighted by Crippen LogP contribution is -2.46. The van der Waals surface area contributed by atoms with Gasteiger partial charge in [0.2, 0.25) is 0 Å². The maximum Gasteiger partial charge on any atom is 0.323 e. The molecule has 0 aromatic carbocycles. The Morgan fingerprint density at radius 2 is 2.00 bits per heavy atom. The maximum absolute atomic E-state index is 11.6. The number of nitrogens with zero attached hydrogens (tertiary/aromatic N) is 1. The Kier molecular flexibility index (Phi) is 4.33. The zero-order valence-electron chi connectivity index (χ0n) is 10.6. The molecule has 0 saturated carbocycles. The van der Waals surface area contributed by atoms with Crippen molar-refractivity contribution in [3.05, 3.63) is 0 Å². The molecule has 1 atom stereocenters. The minimum absolute atomic E-state index is 0.120. The Balaban J connectivity index is 2.58. The highest BCUT2D eigenvalue weighted by Gasteiger charge is 2.44. The standard InChI is InChI=1S/C12H23N3O/c1-4-6-7-8-9-12(3)10(13)14-11(16)15(12)5-2/h4-9H2,1-3H3,(H2,13,14,16). The van der Waals surface area contributed by atoms with Crippen LogP contribution in [0, 0.1) is 5.41 Å². The molecule has 1 aliphatic rings. The first-order valence-corrected chi connectivity index (χ1v) is 6.24. The molecular weight excluding hydrogens is 202 g/mol. The first kappa shape index (κ1) is 13.0. The van der Waals surface area contributed by atoms with Crippen molar-refractivity contribution in [3.8, 4) is 0 Å². The molecule has 2 N–H and O–H groups in total. The van der Waals surface area contributed by atoms with E-state index in [4.69, 9.17) is 5.41 Å². The molecule has 0 aromatic rings. The normalized spacial score (nSPS) is 25.1. The van der Waals surface area contributed by atoms with Gasteiger partial charge in [-0.15, -0.1) is 0 Å². The number of carbonyl (C=O) groups is 1. The molecule has 0 aromatic heterocycles. The number of rotatable bonds is 6. The van der Waals surface area contributed by atoms with E-state index >= 15 is 0 Å². The van der Waals surface area contributed by atoms with Crippen molar-refractivity contribution < 1.29 is 4.79 Å². The molecule has 16 heavy (non-hydrogen) atoms. The van der Waals surface area contributed by atoms with Gasteiger partial charge in [0.1, 0.15) is 5.84 Å². The fourth-order valence-electron chi connectivity index (χ4n) is 2.32. The number of nitrogens with one attached hydrogen (secondary N) is 2. The quantitative estimate of drug-likeness (QED) is 0.671. The summed E-state index contributed by atoms with van der Waals surface area (Å²) in [6.45, 7) is 6.80. The van der Waals surface area contributed by atoms with Gasteiger partial charge in [-0.25, -0.2) is 4.79 Å². The Labute approximate surface area is 97.9 Å². The van der Waals surface area contributed by atoms with Crippen LogP contribution in [0.3, 0.4) is 0 Å². The van der Waals surface area contributed by atoms with Crippen LogP contribution in [0.4, 0.5) is 4.79 Å². The summed E-state index contributed by atoms with van der Waals surface area (Å²) in [5.74, 6) is 0.357. The van der Waals surface area contributed by atoms with Crippen molar-refractivity contribution in [1.82, 2.24) is 10.2 Å². The number of amidine groups is 1. The number of amides is 2. The summed E-state index contributed by atoms with van der Waals surface area (Å²) in [5.41, 5.74) is -0.403. The highest BCUT2D eigenvalue weighted by atomic mass is 16.2. The molecule has 1 fully saturated rings. The van der Waals surface area contributed by atoms with Gasteiger partial charge in [0, 0.05) is 6.54 Å². The fourth-order valence-corrected chi connectivity index (χ4v) is 2.32. The molecule has 2 amide bonds. The van der Waals surface area contributed by atoms with Crippen LogP contribution in [0.15, 0.2) is 0 Å². The lowest BCUT2D eigenvalue weighted by molar-refractivity contribution is 0.178. The van der Waals surface area contributed by atoms with Gasteiger partial charge in [0.15, 0.2) is 0 Å². The Morgan fingerprint density at radius 3 is 2.56 bits per heavy atom.